The van der Waals surface area contributed by atoms with Crippen LogP contribution in [0.2, 0.25) is 0 Å². The van der Waals surface area contributed by atoms with Gasteiger partial charge in [-0.3, -0.25) is 4.90 Å². The number of ether oxygens (including phenoxy) is 1. The highest BCUT2D eigenvalue weighted by Gasteiger charge is 2.32. The highest BCUT2D eigenvalue weighted by molar-refractivity contribution is 4.90. The fourth-order valence-electron chi connectivity index (χ4n) is 2.42. The lowest BCUT2D eigenvalue weighted by Gasteiger charge is -2.44. The van der Waals surface area contributed by atoms with Crippen LogP contribution < -0.4 is 5.32 Å². The van der Waals surface area contributed by atoms with Gasteiger partial charge >= 0.3 is 0 Å². The van der Waals surface area contributed by atoms with Crippen molar-refractivity contribution in [3.63, 3.8) is 0 Å². The number of hydrogen-bond acceptors (Lipinski definition) is 3. The summed E-state index contributed by atoms with van der Waals surface area (Å²) in [6.07, 6.45) is 0.334. The van der Waals surface area contributed by atoms with Crippen LogP contribution in [0.25, 0.3) is 0 Å². The van der Waals surface area contributed by atoms with Gasteiger partial charge in [0.05, 0.1) is 6.10 Å². The van der Waals surface area contributed by atoms with Crippen LogP contribution >= 0.6 is 0 Å². The summed E-state index contributed by atoms with van der Waals surface area (Å²) in [7, 11) is 0. The molecule has 1 aliphatic rings. The van der Waals surface area contributed by atoms with E-state index in [9.17, 15) is 0 Å². The van der Waals surface area contributed by atoms with Crippen LogP contribution in [0.5, 0.6) is 0 Å². The van der Waals surface area contributed by atoms with Gasteiger partial charge in [-0.15, -0.1) is 0 Å². The molecule has 0 aromatic rings. The van der Waals surface area contributed by atoms with Crippen molar-refractivity contribution in [3.8, 4) is 0 Å². The van der Waals surface area contributed by atoms with E-state index in [0.717, 1.165) is 26.2 Å². The molecule has 0 spiro atoms. The first-order valence-electron chi connectivity index (χ1n) is 6.93. The average molecular weight is 242 g/mol. The maximum atomic E-state index is 5.65. The molecular formula is C14H30N2O. The third-order valence-electron chi connectivity index (χ3n) is 3.69. The summed E-state index contributed by atoms with van der Waals surface area (Å²) < 4.78 is 5.65. The van der Waals surface area contributed by atoms with E-state index < -0.39 is 0 Å². The second-order valence-electron chi connectivity index (χ2n) is 6.40. The smallest absolute Gasteiger partial charge is 0.0673 e. The topological polar surface area (TPSA) is 24.5 Å². The largest absolute Gasteiger partial charge is 0.377 e. The zero-order valence-electron chi connectivity index (χ0n) is 12.4. The molecule has 17 heavy (non-hydrogen) atoms. The number of nitrogens with zero attached hydrogens (tertiary/aromatic N) is 1. The highest BCUT2D eigenvalue weighted by Crippen LogP contribution is 2.23. The first-order chi connectivity index (χ1) is 7.84. The van der Waals surface area contributed by atoms with Crippen molar-refractivity contribution < 1.29 is 4.74 Å². The van der Waals surface area contributed by atoms with E-state index in [1.807, 2.05) is 0 Å². The van der Waals surface area contributed by atoms with Crippen LogP contribution in [-0.4, -0.2) is 49.3 Å². The summed E-state index contributed by atoms with van der Waals surface area (Å²) in [5.74, 6) is 0. The lowest BCUT2D eigenvalue weighted by molar-refractivity contribution is 0.0132. The SMILES string of the molecule is CCOC(C)CN1CC(C(C)(C)C)NCC1C. The minimum Gasteiger partial charge on any atom is -0.377 e. The first kappa shape index (κ1) is 14.9. The minimum atomic E-state index is 0.327. The molecule has 1 heterocycles. The number of nitrogens with one attached hydrogen (secondary N) is 1. The van der Waals surface area contributed by atoms with Gasteiger partial charge in [-0.05, 0) is 26.2 Å². The molecule has 1 N–H and O–H groups in total. The fraction of sp³-hybridized carbons (Fsp3) is 1.00. The summed E-state index contributed by atoms with van der Waals surface area (Å²) >= 11 is 0. The Bertz CT molecular complexity index is 225. The van der Waals surface area contributed by atoms with E-state index >= 15 is 0 Å². The lowest BCUT2D eigenvalue weighted by atomic mass is 9.85. The Labute approximate surface area is 107 Å². The third kappa shape index (κ3) is 4.57. The summed E-state index contributed by atoms with van der Waals surface area (Å²) in [4.78, 5) is 2.56. The molecule has 0 aliphatic carbocycles. The Kier molecular flexibility index (Phi) is 5.42. The number of rotatable bonds is 4. The summed E-state index contributed by atoms with van der Waals surface area (Å²) in [6.45, 7) is 17.5. The van der Waals surface area contributed by atoms with Gasteiger partial charge in [0.25, 0.3) is 0 Å². The second kappa shape index (κ2) is 6.17. The maximum absolute atomic E-state index is 5.65. The van der Waals surface area contributed by atoms with Gasteiger partial charge in [-0.1, -0.05) is 20.8 Å². The maximum Gasteiger partial charge on any atom is 0.0673 e. The van der Waals surface area contributed by atoms with E-state index in [1.165, 1.54) is 0 Å². The highest BCUT2D eigenvalue weighted by atomic mass is 16.5. The van der Waals surface area contributed by atoms with Gasteiger partial charge in [0.1, 0.15) is 0 Å². The molecule has 3 nitrogen and oxygen atoms in total. The van der Waals surface area contributed by atoms with Crippen LogP contribution in [0.3, 0.4) is 0 Å². The predicted octanol–water partition coefficient (Wildman–Crippen LogP) is 2.12. The normalized spacial score (nSPS) is 29.3. The molecule has 0 aromatic heterocycles. The lowest BCUT2D eigenvalue weighted by Crippen LogP contribution is -2.60. The molecule has 0 amide bonds. The molecule has 0 bridgehead atoms. The molecule has 3 unspecified atom stereocenters. The third-order valence-corrected chi connectivity index (χ3v) is 3.69. The van der Waals surface area contributed by atoms with Crippen LogP contribution in [0.15, 0.2) is 0 Å². The monoisotopic (exact) mass is 242 g/mol. The van der Waals surface area contributed by atoms with Crippen molar-refractivity contribution in [3.05, 3.63) is 0 Å². The summed E-state index contributed by atoms with van der Waals surface area (Å²) in [5.41, 5.74) is 0.327. The van der Waals surface area contributed by atoms with Crippen LogP contribution in [0.1, 0.15) is 41.5 Å². The Morgan fingerprint density at radius 2 is 2.06 bits per heavy atom. The predicted molar refractivity (Wildman–Crippen MR) is 73.4 cm³/mol. The zero-order valence-corrected chi connectivity index (χ0v) is 12.4. The summed E-state index contributed by atoms with van der Waals surface area (Å²) in [6, 6.07) is 1.18. The Morgan fingerprint density at radius 3 is 2.59 bits per heavy atom. The average Bonchev–Trinajstić information content (AvgIpc) is 2.20. The van der Waals surface area contributed by atoms with E-state index in [-0.39, 0.29) is 0 Å². The van der Waals surface area contributed by atoms with Crippen molar-refractivity contribution in [2.24, 2.45) is 5.41 Å². The van der Waals surface area contributed by atoms with Crippen molar-refractivity contribution in [1.29, 1.82) is 0 Å². The number of piperazine rings is 1. The molecule has 0 aromatic carbocycles. The van der Waals surface area contributed by atoms with Crippen LogP contribution in [-0.2, 0) is 4.74 Å². The molecule has 0 saturated carbocycles. The van der Waals surface area contributed by atoms with E-state index in [0.29, 0.717) is 23.6 Å². The Balaban J connectivity index is 2.52. The van der Waals surface area contributed by atoms with Gasteiger partial charge in [-0.25, -0.2) is 0 Å². The Morgan fingerprint density at radius 1 is 1.41 bits per heavy atom. The van der Waals surface area contributed by atoms with E-state index in [4.69, 9.17) is 4.74 Å². The molecule has 1 saturated heterocycles. The quantitative estimate of drug-likeness (QED) is 0.817. The van der Waals surface area contributed by atoms with Crippen molar-refractivity contribution in [2.45, 2.75) is 59.7 Å². The molecule has 1 rings (SSSR count). The molecular weight excluding hydrogens is 212 g/mol. The molecule has 1 aliphatic heterocycles. The fourth-order valence-corrected chi connectivity index (χ4v) is 2.42. The van der Waals surface area contributed by atoms with Gasteiger partial charge in [0.15, 0.2) is 0 Å². The summed E-state index contributed by atoms with van der Waals surface area (Å²) in [5, 5.41) is 3.66. The van der Waals surface area contributed by atoms with E-state index in [1.54, 1.807) is 0 Å². The zero-order chi connectivity index (χ0) is 13.1. The minimum absolute atomic E-state index is 0.327. The van der Waals surface area contributed by atoms with E-state index in [2.05, 4.69) is 51.8 Å². The van der Waals surface area contributed by atoms with Gasteiger partial charge in [0.2, 0.25) is 0 Å². The van der Waals surface area contributed by atoms with Gasteiger partial charge in [-0.2, -0.15) is 0 Å². The molecule has 3 atom stereocenters. The first-order valence-corrected chi connectivity index (χ1v) is 6.93. The van der Waals surface area contributed by atoms with Crippen LogP contribution in [0, 0.1) is 5.41 Å². The van der Waals surface area contributed by atoms with Gasteiger partial charge in [0, 0.05) is 38.3 Å². The Hall–Kier alpha value is -0.120. The molecule has 0 radical (unpaired) electrons. The van der Waals surface area contributed by atoms with Crippen molar-refractivity contribution in [2.75, 3.05) is 26.2 Å². The number of hydrogen-bond donors (Lipinski definition) is 1. The van der Waals surface area contributed by atoms with Crippen molar-refractivity contribution >= 4 is 0 Å². The van der Waals surface area contributed by atoms with Crippen LogP contribution in [0.4, 0.5) is 0 Å². The van der Waals surface area contributed by atoms with Crippen molar-refractivity contribution in [1.82, 2.24) is 10.2 Å². The second-order valence-corrected chi connectivity index (χ2v) is 6.40. The van der Waals surface area contributed by atoms with Gasteiger partial charge < -0.3 is 10.1 Å². The molecule has 3 heteroatoms. The molecule has 1 fully saturated rings. The standard InChI is InChI=1S/C14H30N2O/c1-7-17-12(3)9-16-10-13(14(4,5)6)15-8-11(16)2/h11-13,15H,7-10H2,1-6H3. The molecule has 102 valence electrons.